The molecule has 0 heterocycles. The van der Waals surface area contributed by atoms with Gasteiger partial charge in [-0.1, -0.05) is 48.5 Å². The van der Waals surface area contributed by atoms with Crippen molar-refractivity contribution in [3.63, 3.8) is 0 Å². The molecule has 0 saturated heterocycles. The van der Waals surface area contributed by atoms with Crippen LogP contribution in [-0.2, 0) is 0 Å². The van der Waals surface area contributed by atoms with E-state index < -0.39 is 6.03 Å². The zero-order valence-corrected chi connectivity index (χ0v) is 13.2. The van der Waals surface area contributed by atoms with E-state index in [1.54, 1.807) is 6.07 Å². The normalized spacial score (nSPS) is 9.88. The van der Waals surface area contributed by atoms with Gasteiger partial charge in [0.25, 0.3) is 0 Å². The molecule has 5 heteroatoms. The van der Waals surface area contributed by atoms with Crippen LogP contribution in [-0.4, -0.2) is 11.1 Å². The van der Waals surface area contributed by atoms with Crippen LogP contribution in [0.15, 0.2) is 72.8 Å². The Bertz CT molecular complexity index is 947. The Labute approximate surface area is 145 Å². The molecule has 2 amide bonds. The van der Waals surface area contributed by atoms with Crippen LogP contribution in [0.5, 0.6) is 5.75 Å². The molecular formula is C20H15N3O2. The molecule has 0 fully saturated rings. The van der Waals surface area contributed by atoms with E-state index in [0.29, 0.717) is 11.3 Å². The molecule has 3 aromatic carbocycles. The highest BCUT2D eigenvalue weighted by molar-refractivity contribution is 6.03. The first kappa shape index (κ1) is 16.1. The molecule has 0 aliphatic rings. The standard InChI is InChI=1S/C20H15N3O2/c21-13-14-10-11-18(19(24)12-14)23-20(25)22-17-9-5-4-8-16(17)15-6-2-1-3-7-15/h1-12,24H,(H2,22,23,25). The fraction of sp³-hybridized carbons (Fsp3) is 0. The number of carbonyl (C=O) groups is 1. The van der Waals surface area contributed by atoms with Crippen molar-refractivity contribution < 1.29 is 9.90 Å². The zero-order chi connectivity index (χ0) is 17.6. The van der Waals surface area contributed by atoms with Crippen LogP contribution in [0.25, 0.3) is 11.1 Å². The van der Waals surface area contributed by atoms with Gasteiger partial charge in [0.15, 0.2) is 0 Å². The summed E-state index contributed by atoms with van der Waals surface area (Å²) in [7, 11) is 0. The highest BCUT2D eigenvalue weighted by atomic mass is 16.3. The minimum atomic E-state index is -0.483. The number of rotatable bonds is 3. The Morgan fingerprint density at radius 1 is 0.880 bits per heavy atom. The number of benzene rings is 3. The highest BCUT2D eigenvalue weighted by Crippen LogP contribution is 2.28. The Balaban J connectivity index is 1.80. The number of amides is 2. The van der Waals surface area contributed by atoms with E-state index in [0.717, 1.165) is 11.1 Å². The molecule has 5 nitrogen and oxygen atoms in total. The molecule has 122 valence electrons. The monoisotopic (exact) mass is 329 g/mol. The lowest BCUT2D eigenvalue weighted by atomic mass is 10.0. The molecule has 0 aromatic heterocycles. The number of para-hydroxylation sites is 1. The van der Waals surface area contributed by atoms with Crippen molar-refractivity contribution in [1.29, 1.82) is 5.26 Å². The predicted octanol–water partition coefficient (Wildman–Crippen LogP) is 4.57. The summed E-state index contributed by atoms with van der Waals surface area (Å²) < 4.78 is 0. The molecule has 0 aliphatic heterocycles. The van der Waals surface area contributed by atoms with Gasteiger partial charge in [-0.05, 0) is 29.8 Å². The summed E-state index contributed by atoms with van der Waals surface area (Å²) in [6.07, 6.45) is 0. The molecule has 25 heavy (non-hydrogen) atoms. The molecule has 0 aliphatic carbocycles. The predicted molar refractivity (Wildman–Crippen MR) is 97.3 cm³/mol. The number of nitrogens with zero attached hydrogens (tertiary/aromatic N) is 1. The quantitative estimate of drug-likeness (QED) is 0.615. The average molecular weight is 329 g/mol. The van der Waals surface area contributed by atoms with E-state index in [1.165, 1.54) is 18.2 Å². The maximum Gasteiger partial charge on any atom is 0.323 e. The molecular weight excluding hydrogens is 314 g/mol. The Morgan fingerprint density at radius 2 is 1.56 bits per heavy atom. The molecule has 3 rings (SSSR count). The SMILES string of the molecule is N#Cc1ccc(NC(=O)Nc2ccccc2-c2ccccc2)c(O)c1. The summed E-state index contributed by atoms with van der Waals surface area (Å²) in [5, 5.41) is 24.1. The van der Waals surface area contributed by atoms with Gasteiger partial charge in [0.05, 0.1) is 23.0 Å². The maximum absolute atomic E-state index is 12.3. The summed E-state index contributed by atoms with van der Waals surface area (Å²) in [5.41, 5.74) is 3.08. The van der Waals surface area contributed by atoms with Gasteiger partial charge in [0, 0.05) is 5.56 Å². The van der Waals surface area contributed by atoms with Gasteiger partial charge in [0.2, 0.25) is 0 Å². The number of hydrogen-bond donors (Lipinski definition) is 3. The van der Waals surface area contributed by atoms with Crippen LogP contribution in [0.4, 0.5) is 16.2 Å². The van der Waals surface area contributed by atoms with E-state index in [2.05, 4.69) is 10.6 Å². The third-order valence-corrected chi connectivity index (χ3v) is 3.64. The van der Waals surface area contributed by atoms with Crippen LogP contribution >= 0.6 is 0 Å². The smallest absolute Gasteiger partial charge is 0.323 e. The minimum absolute atomic E-state index is 0.162. The van der Waals surface area contributed by atoms with E-state index >= 15 is 0 Å². The number of nitrogens with one attached hydrogen (secondary N) is 2. The number of anilines is 2. The van der Waals surface area contributed by atoms with Gasteiger partial charge in [-0.15, -0.1) is 0 Å². The first-order chi connectivity index (χ1) is 12.2. The molecule has 0 atom stereocenters. The second-order valence-electron chi connectivity index (χ2n) is 5.33. The van der Waals surface area contributed by atoms with Crippen LogP contribution in [0.1, 0.15) is 5.56 Å². The van der Waals surface area contributed by atoms with Gasteiger partial charge in [-0.3, -0.25) is 0 Å². The average Bonchev–Trinajstić information content (AvgIpc) is 2.64. The van der Waals surface area contributed by atoms with Gasteiger partial charge in [0.1, 0.15) is 5.75 Å². The number of phenolic OH excluding ortho intramolecular Hbond substituents is 1. The summed E-state index contributed by atoms with van der Waals surface area (Å²) in [6, 6.07) is 22.9. The van der Waals surface area contributed by atoms with Crippen molar-refractivity contribution in [3.8, 4) is 22.9 Å². The molecule has 0 unspecified atom stereocenters. The van der Waals surface area contributed by atoms with E-state index in [-0.39, 0.29) is 11.4 Å². The van der Waals surface area contributed by atoms with E-state index in [1.807, 2.05) is 54.6 Å². The molecule has 0 spiro atoms. The zero-order valence-electron chi connectivity index (χ0n) is 13.2. The lowest BCUT2D eigenvalue weighted by molar-refractivity contribution is 0.262. The first-order valence-corrected chi connectivity index (χ1v) is 7.63. The van der Waals surface area contributed by atoms with Gasteiger partial charge < -0.3 is 15.7 Å². The third kappa shape index (κ3) is 3.77. The molecule has 0 bridgehead atoms. The lowest BCUT2D eigenvalue weighted by Gasteiger charge is -2.13. The van der Waals surface area contributed by atoms with Crippen LogP contribution in [0.2, 0.25) is 0 Å². The molecule has 3 aromatic rings. The first-order valence-electron chi connectivity index (χ1n) is 7.63. The van der Waals surface area contributed by atoms with Gasteiger partial charge in [-0.25, -0.2) is 4.79 Å². The fourth-order valence-electron chi connectivity index (χ4n) is 2.44. The number of hydrogen-bond acceptors (Lipinski definition) is 3. The van der Waals surface area contributed by atoms with E-state index in [4.69, 9.17) is 5.26 Å². The molecule has 3 N–H and O–H groups in total. The number of nitriles is 1. The topological polar surface area (TPSA) is 85.2 Å². The second-order valence-corrected chi connectivity index (χ2v) is 5.33. The second kappa shape index (κ2) is 7.20. The Morgan fingerprint density at radius 3 is 2.28 bits per heavy atom. The maximum atomic E-state index is 12.3. The Kier molecular flexibility index (Phi) is 4.63. The number of aromatic hydroxyl groups is 1. The molecule has 0 saturated carbocycles. The number of phenols is 1. The summed E-state index contributed by atoms with van der Waals surface area (Å²) in [4.78, 5) is 12.3. The number of carbonyl (C=O) groups excluding carboxylic acids is 1. The van der Waals surface area contributed by atoms with Crippen molar-refractivity contribution in [1.82, 2.24) is 0 Å². The van der Waals surface area contributed by atoms with Crippen LogP contribution in [0, 0.1) is 11.3 Å². The van der Waals surface area contributed by atoms with Crippen LogP contribution < -0.4 is 10.6 Å². The van der Waals surface area contributed by atoms with Gasteiger partial charge in [-0.2, -0.15) is 5.26 Å². The van der Waals surface area contributed by atoms with Crippen molar-refractivity contribution in [2.24, 2.45) is 0 Å². The Hall–Kier alpha value is -3.78. The molecule has 0 radical (unpaired) electrons. The van der Waals surface area contributed by atoms with Crippen molar-refractivity contribution in [2.45, 2.75) is 0 Å². The van der Waals surface area contributed by atoms with Crippen LogP contribution in [0.3, 0.4) is 0 Å². The summed E-state index contributed by atoms with van der Waals surface area (Å²) in [5.74, 6) is -0.162. The summed E-state index contributed by atoms with van der Waals surface area (Å²) in [6.45, 7) is 0. The van der Waals surface area contributed by atoms with Gasteiger partial charge >= 0.3 is 6.03 Å². The van der Waals surface area contributed by atoms with Crippen molar-refractivity contribution in [2.75, 3.05) is 10.6 Å². The lowest BCUT2D eigenvalue weighted by Crippen LogP contribution is -2.19. The third-order valence-electron chi connectivity index (χ3n) is 3.64. The minimum Gasteiger partial charge on any atom is -0.506 e. The fourth-order valence-corrected chi connectivity index (χ4v) is 2.44. The number of urea groups is 1. The largest absolute Gasteiger partial charge is 0.506 e. The van der Waals surface area contributed by atoms with Crippen molar-refractivity contribution >= 4 is 17.4 Å². The van der Waals surface area contributed by atoms with Crippen molar-refractivity contribution in [3.05, 3.63) is 78.4 Å². The highest BCUT2D eigenvalue weighted by Gasteiger charge is 2.10. The summed E-state index contributed by atoms with van der Waals surface area (Å²) >= 11 is 0. The van der Waals surface area contributed by atoms with E-state index in [9.17, 15) is 9.90 Å².